The van der Waals surface area contributed by atoms with Gasteiger partial charge in [0.1, 0.15) is 0 Å². The van der Waals surface area contributed by atoms with Crippen LogP contribution in [-0.2, 0) is 17.3 Å². The summed E-state index contributed by atoms with van der Waals surface area (Å²) in [4.78, 5) is 0. The Kier molecular flexibility index (Phi) is 4.42. The fourth-order valence-corrected chi connectivity index (χ4v) is 3.03. The van der Waals surface area contributed by atoms with Crippen molar-refractivity contribution in [2.75, 3.05) is 0 Å². The molecule has 0 N–H and O–H groups in total. The van der Waals surface area contributed by atoms with E-state index in [9.17, 15) is 0 Å². The van der Waals surface area contributed by atoms with Crippen molar-refractivity contribution in [2.45, 2.75) is 58.8 Å². The molecule has 0 bridgehead atoms. The summed E-state index contributed by atoms with van der Waals surface area (Å²) in [6.45, 7) is 13.6. The van der Waals surface area contributed by atoms with Crippen LogP contribution in [0.5, 0.6) is 0 Å². The molecule has 0 saturated carbocycles. The minimum Gasteiger partial charge on any atom is -0.175 e. The van der Waals surface area contributed by atoms with Gasteiger partial charge in [-0.1, -0.05) is 65.3 Å². The predicted octanol–water partition coefficient (Wildman–Crippen LogP) is 2.66. The van der Waals surface area contributed by atoms with E-state index < -0.39 is 0 Å². The molecule has 110 valence electrons. The van der Waals surface area contributed by atoms with Crippen LogP contribution in [0, 0.1) is 6.07 Å². The van der Waals surface area contributed by atoms with E-state index >= 15 is 0 Å². The third-order valence-electron chi connectivity index (χ3n) is 4.46. The molecular formula is C21H25Li. The number of hydrogen-bond donors (Lipinski definition) is 0. The Morgan fingerprint density at radius 1 is 0.818 bits per heavy atom. The van der Waals surface area contributed by atoms with Gasteiger partial charge in [0.2, 0.25) is 0 Å². The monoisotopic (exact) mass is 284 g/mol. The Balaban J connectivity index is 0.00000176. The second kappa shape index (κ2) is 5.59. The first kappa shape index (κ1) is 17.4. The van der Waals surface area contributed by atoms with Crippen LogP contribution >= 0.6 is 0 Å². The third-order valence-corrected chi connectivity index (χ3v) is 4.46. The predicted molar refractivity (Wildman–Crippen MR) is 90.9 cm³/mol. The van der Waals surface area contributed by atoms with Gasteiger partial charge in [-0.15, -0.1) is 11.1 Å². The zero-order valence-electron chi connectivity index (χ0n) is 15.1. The zero-order chi connectivity index (χ0) is 15.4. The summed E-state index contributed by atoms with van der Waals surface area (Å²) in [6, 6.07) is 15.2. The Labute approximate surface area is 147 Å². The summed E-state index contributed by atoms with van der Waals surface area (Å²) < 4.78 is 0. The molecule has 0 atom stereocenters. The summed E-state index contributed by atoms with van der Waals surface area (Å²) >= 11 is 0. The minimum atomic E-state index is 0. The molecule has 1 aliphatic rings. The molecule has 3 rings (SSSR count). The van der Waals surface area contributed by atoms with Gasteiger partial charge in [0.15, 0.2) is 0 Å². The van der Waals surface area contributed by atoms with Crippen molar-refractivity contribution in [1.29, 1.82) is 0 Å². The summed E-state index contributed by atoms with van der Waals surface area (Å²) in [5, 5.41) is 0. The Hall–Kier alpha value is -0.963. The smallest absolute Gasteiger partial charge is 0.175 e. The van der Waals surface area contributed by atoms with Crippen molar-refractivity contribution in [3.05, 3.63) is 58.7 Å². The van der Waals surface area contributed by atoms with E-state index in [1.807, 2.05) is 0 Å². The summed E-state index contributed by atoms with van der Waals surface area (Å²) in [7, 11) is 0. The molecule has 0 fully saturated rings. The van der Waals surface area contributed by atoms with Gasteiger partial charge in [0.05, 0.1) is 0 Å². The number of benzene rings is 2. The minimum absolute atomic E-state index is 0. The molecule has 1 aliphatic carbocycles. The molecule has 0 heterocycles. The largest absolute Gasteiger partial charge is 1.00 e. The van der Waals surface area contributed by atoms with E-state index in [1.54, 1.807) is 0 Å². The molecule has 0 unspecified atom stereocenters. The first-order chi connectivity index (χ1) is 9.66. The van der Waals surface area contributed by atoms with Crippen LogP contribution in [0.3, 0.4) is 0 Å². The molecule has 0 aromatic heterocycles. The second-order valence-electron chi connectivity index (χ2n) is 8.31. The number of hydrogen-bond acceptors (Lipinski definition) is 0. The molecule has 0 spiro atoms. The van der Waals surface area contributed by atoms with Crippen LogP contribution in [0.2, 0.25) is 0 Å². The van der Waals surface area contributed by atoms with E-state index in [0.717, 1.165) is 6.42 Å². The summed E-state index contributed by atoms with van der Waals surface area (Å²) in [6.07, 6.45) is 1.03. The molecule has 0 radical (unpaired) electrons. The molecule has 1 heteroatoms. The third kappa shape index (κ3) is 3.05. The zero-order valence-corrected chi connectivity index (χ0v) is 15.1. The van der Waals surface area contributed by atoms with Gasteiger partial charge < -0.3 is 0 Å². The first-order valence-corrected chi connectivity index (χ1v) is 7.86. The SMILES string of the molecule is CC(C)(C)c1[c-]c2c(cc1)-c1ccc(C(C)(C)C)cc1C2.[Li+]. The Bertz CT molecular complexity index is 635. The van der Waals surface area contributed by atoms with E-state index in [4.69, 9.17) is 0 Å². The average molecular weight is 284 g/mol. The van der Waals surface area contributed by atoms with Crippen molar-refractivity contribution < 1.29 is 18.9 Å². The number of rotatable bonds is 0. The van der Waals surface area contributed by atoms with Crippen LogP contribution in [-0.4, -0.2) is 0 Å². The van der Waals surface area contributed by atoms with Crippen LogP contribution in [0.15, 0.2) is 30.3 Å². The van der Waals surface area contributed by atoms with Crippen LogP contribution in [0.4, 0.5) is 0 Å². The van der Waals surface area contributed by atoms with Crippen molar-refractivity contribution in [3.8, 4) is 11.1 Å². The van der Waals surface area contributed by atoms with Crippen molar-refractivity contribution in [3.63, 3.8) is 0 Å². The van der Waals surface area contributed by atoms with Gasteiger partial charge in [-0.3, -0.25) is 0 Å². The number of fused-ring (bicyclic) bond motifs is 3. The molecule has 0 saturated heterocycles. The van der Waals surface area contributed by atoms with E-state index in [2.05, 4.69) is 77.9 Å². The molecule has 2 aromatic carbocycles. The Morgan fingerprint density at radius 3 is 2.05 bits per heavy atom. The topological polar surface area (TPSA) is 0 Å². The van der Waals surface area contributed by atoms with Crippen LogP contribution in [0.25, 0.3) is 11.1 Å². The Morgan fingerprint density at radius 2 is 1.45 bits per heavy atom. The van der Waals surface area contributed by atoms with Gasteiger partial charge in [-0.2, -0.15) is 23.8 Å². The molecular weight excluding hydrogens is 259 g/mol. The normalized spacial score (nSPS) is 13.4. The molecule has 0 amide bonds. The standard InChI is InChI=1S/C21H25.Li/c1-20(2,3)16-7-9-18-14(12-16)11-15-13-17(21(4,5)6)8-10-19(15)18;/h7-10,12H,11H2,1-6H3;/q-1;+1. The maximum atomic E-state index is 3.67. The van der Waals surface area contributed by atoms with Crippen LogP contribution < -0.4 is 18.9 Å². The molecule has 0 aliphatic heterocycles. The molecule has 22 heavy (non-hydrogen) atoms. The van der Waals surface area contributed by atoms with E-state index in [-0.39, 0.29) is 29.7 Å². The molecule has 0 nitrogen and oxygen atoms in total. The van der Waals surface area contributed by atoms with Gasteiger partial charge >= 0.3 is 18.9 Å². The quantitative estimate of drug-likeness (QED) is 0.440. The summed E-state index contributed by atoms with van der Waals surface area (Å²) in [5.41, 5.74) is 8.70. The summed E-state index contributed by atoms with van der Waals surface area (Å²) in [5.74, 6) is 0. The average Bonchev–Trinajstić information content (AvgIpc) is 2.73. The van der Waals surface area contributed by atoms with Gasteiger partial charge in [-0.25, -0.2) is 0 Å². The van der Waals surface area contributed by atoms with Crippen molar-refractivity contribution >= 4 is 0 Å². The maximum Gasteiger partial charge on any atom is 1.00 e. The van der Waals surface area contributed by atoms with Gasteiger partial charge in [-0.05, 0) is 28.4 Å². The molecule has 2 aromatic rings. The first-order valence-electron chi connectivity index (χ1n) is 7.86. The van der Waals surface area contributed by atoms with Gasteiger partial charge in [0, 0.05) is 0 Å². The fraction of sp³-hybridized carbons (Fsp3) is 0.429. The van der Waals surface area contributed by atoms with Crippen LogP contribution in [0.1, 0.15) is 63.8 Å². The maximum absolute atomic E-state index is 3.67. The van der Waals surface area contributed by atoms with Gasteiger partial charge in [0.25, 0.3) is 0 Å². The second-order valence-corrected chi connectivity index (χ2v) is 8.31. The van der Waals surface area contributed by atoms with Crippen molar-refractivity contribution in [2.24, 2.45) is 0 Å². The van der Waals surface area contributed by atoms with Crippen molar-refractivity contribution in [1.82, 2.24) is 0 Å². The van der Waals surface area contributed by atoms with E-state index in [0.29, 0.717) is 0 Å². The van der Waals surface area contributed by atoms with E-state index in [1.165, 1.54) is 33.4 Å². The fourth-order valence-electron chi connectivity index (χ4n) is 3.03.